The quantitative estimate of drug-likeness (QED) is 0.445. The average Bonchev–Trinajstić information content (AvgIpc) is 2.98. The van der Waals surface area contributed by atoms with Crippen LogP contribution in [0, 0.1) is 11.3 Å². The molecule has 0 fully saturated rings. The third-order valence-electron chi connectivity index (χ3n) is 4.52. The maximum absolute atomic E-state index is 11.0. The van der Waals surface area contributed by atoms with Gasteiger partial charge in [0.05, 0.1) is 23.5 Å². The van der Waals surface area contributed by atoms with Crippen LogP contribution >= 0.6 is 0 Å². The summed E-state index contributed by atoms with van der Waals surface area (Å²) in [4.78, 5) is 13.3. The SMILES string of the molecule is N#Cc1ccc(-c2nc3c(n2O)-c2cccnc2Nc2cnccc2-3)cc1. The normalized spacial score (nSPS) is 11.4. The van der Waals surface area contributed by atoms with E-state index in [9.17, 15) is 5.21 Å². The van der Waals surface area contributed by atoms with Crippen molar-refractivity contribution >= 4 is 11.5 Å². The number of benzene rings is 1. The monoisotopic (exact) mass is 352 g/mol. The second kappa shape index (κ2) is 5.68. The van der Waals surface area contributed by atoms with Crippen molar-refractivity contribution < 1.29 is 5.21 Å². The van der Waals surface area contributed by atoms with Crippen molar-refractivity contribution in [1.29, 1.82) is 5.26 Å². The Hall–Kier alpha value is -4.18. The number of imidazole rings is 1. The molecule has 0 amide bonds. The van der Waals surface area contributed by atoms with Gasteiger partial charge in [0.1, 0.15) is 17.2 Å². The van der Waals surface area contributed by atoms with Crippen LogP contribution < -0.4 is 5.32 Å². The number of nitrogens with one attached hydrogen (secondary N) is 1. The van der Waals surface area contributed by atoms with Crippen molar-refractivity contribution in [2.24, 2.45) is 0 Å². The van der Waals surface area contributed by atoms with Gasteiger partial charge in [-0.25, -0.2) is 9.97 Å². The van der Waals surface area contributed by atoms with Gasteiger partial charge in [0.25, 0.3) is 0 Å². The first-order valence-corrected chi connectivity index (χ1v) is 8.25. The lowest BCUT2D eigenvalue weighted by atomic mass is 10.1. The predicted molar refractivity (Wildman–Crippen MR) is 99.3 cm³/mol. The highest BCUT2D eigenvalue weighted by Crippen LogP contribution is 2.43. The fourth-order valence-corrected chi connectivity index (χ4v) is 3.25. The first kappa shape index (κ1) is 15.1. The molecule has 0 radical (unpaired) electrons. The third-order valence-corrected chi connectivity index (χ3v) is 4.52. The minimum Gasteiger partial charge on any atom is -0.426 e. The van der Waals surface area contributed by atoms with Crippen LogP contribution in [-0.4, -0.2) is 24.9 Å². The second-order valence-corrected chi connectivity index (χ2v) is 6.08. The number of fused-ring (bicyclic) bond motifs is 5. The van der Waals surface area contributed by atoms with Crippen LogP contribution in [0.3, 0.4) is 0 Å². The molecular formula is C20H12N6O. The Balaban J connectivity index is 1.81. The zero-order valence-corrected chi connectivity index (χ0v) is 14.0. The smallest absolute Gasteiger partial charge is 0.176 e. The van der Waals surface area contributed by atoms with E-state index in [0.29, 0.717) is 34.2 Å². The van der Waals surface area contributed by atoms with Gasteiger partial charge in [-0.2, -0.15) is 9.99 Å². The van der Waals surface area contributed by atoms with Crippen LogP contribution in [0.5, 0.6) is 0 Å². The Morgan fingerprint density at radius 2 is 1.89 bits per heavy atom. The molecule has 0 spiro atoms. The van der Waals surface area contributed by atoms with Gasteiger partial charge in [0, 0.05) is 29.1 Å². The summed E-state index contributed by atoms with van der Waals surface area (Å²) in [6.45, 7) is 0. The molecule has 5 rings (SSSR count). The minimum atomic E-state index is 0.393. The van der Waals surface area contributed by atoms with Crippen molar-refractivity contribution in [2.75, 3.05) is 5.32 Å². The van der Waals surface area contributed by atoms with Gasteiger partial charge >= 0.3 is 0 Å². The molecule has 2 N–H and O–H groups in total. The first-order valence-electron chi connectivity index (χ1n) is 8.25. The van der Waals surface area contributed by atoms with Gasteiger partial charge in [0.15, 0.2) is 5.82 Å². The zero-order valence-electron chi connectivity index (χ0n) is 14.0. The van der Waals surface area contributed by atoms with Crippen molar-refractivity contribution in [3.8, 4) is 40.0 Å². The Morgan fingerprint density at radius 3 is 2.70 bits per heavy atom. The van der Waals surface area contributed by atoms with Gasteiger partial charge < -0.3 is 10.5 Å². The summed E-state index contributed by atoms with van der Waals surface area (Å²) in [7, 11) is 0. The van der Waals surface area contributed by atoms with Gasteiger partial charge in [-0.1, -0.05) is 0 Å². The summed E-state index contributed by atoms with van der Waals surface area (Å²) in [6.07, 6.45) is 5.08. The van der Waals surface area contributed by atoms with Gasteiger partial charge in [0.2, 0.25) is 0 Å². The fraction of sp³-hybridized carbons (Fsp3) is 0. The molecular weight excluding hydrogens is 340 g/mol. The van der Waals surface area contributed by atoms with E-state index in [1.807, 2.05) is 18.2 Å². The van der Waals surface area contributed by atoms with Crippen LogP contribution in [0.1, 0.15) is 5.56 Å². The number of hydrogen-bond donors (Lipinski definition) is 2. The van der Waals surface area contributed by atoms with E-state index in [1.165, 1.54) is 0 Å². The van der Waals surface area contributed by atoms with Crippen molar-refractivity contribution in [3.05, 3.63) is 66.6 Å². The summed E-state index contributed by atoms with van der Waals surface area (Å²) in [6, 6.07) is 14.6. The third kappa shape index (κ3) is 2.24. The highest BCUT2D eigenvalue weighted by molar-refractivity contribution is 5.95. The van der Waals surface area contributed by atoms with Crippen LogP contribution in [0.25, 0.3) is 33.9 Å². The molecule has 1 aliphatic heterocycles. The van der Waals surface area contributed by atoms with E-state index in [2.05, 4.69) is 21.4 Å². The fourth-order valence-electron chi connectivity index (χ4n) is 3.25. The summed E-state index contributed by atoms with van der Waals surface area (Å²) < 4.78 is 1.08. The van der Waals surface area contributed by atoms with Crippen LogP contribution in [0.15, 0.2) is 61.1 Å². The predicted octanol–water partition coefficient (Wildman–Crippen LogP) is 3.84. The molecule has 27 heavy (non-hydrogen) atoms. The summed E-state index contributed by atoms with van der Waals surface area (Å²) >= 11 is 0. The van der Waals surface area contributed by atoms with Crippen molar-refractivity contribution in [1.82, 2.24) is 19.7 Å². The van der Waals surface area contributed by atoms with E-state index >= 15 is 0 Å². The van der Waals surface area contributed by atoms with Crippen LogP contribution in [0.4, 0.5) is 11.5 Å². The lowest BCUT2D eigenvalue weighted by Gasteiger charge is -2.09. The van der Waals surface area contributed by atoms with E-state index in [-0.39, 0.29) is 0 Å². The Morgan fingerprint density at radius 1 is 1.04 bits per heavy atom. The van der Waals surface area contributed by atoms with E-state index in [4.69, 9.17) is 10.2 Å². The summed E-state index contributed by atoms with van der Waals surface area (Å²) in [5, 5.41) is 23.2. The molecule has 128 valence electrons. The Bertz CT molecular complexity index is 1220. The molecule has 0 aliphatic carbocycles. The van der Waals surface area contributed by atoms with E-state index in [0.717, 1.165) is 21.5 Å². The van der Waals surface area contributed by atoms with E-state index in [1.54, 1.807) is 42.9 Å². The number of nitriles is 1. The van der Waals surface area contributed by atoms with Gasteiger partial charge in [-0.15, -0.1) is 0 Å². The molecule has 4 aromatic rings. The standard InChI is InChI=1S/C20H12N6O/c21-10-12-3-5-13(6-4-12)20-25-17-14-7-9-22-11-16(14)24-19-15(2-1-8-23-19)18(17)26(20)27/h1-9,11,27H,(H,23,24). The molecule has 7 heteroatoms. The maximum Gasteiger partial charge on any atom is 0.176 e. The highest BCUT2D eigenvalue weighted by atomic mass is 16.5. The molecule has 3 aromatic heterocycles. The Kier molecular flexibility index (Phi) is 3.18. The molecule has 0 bridgehead atoms. The number of aromatic nitrogens is 4. The summed E-state index contributed by atoms with van der Waals surface area (Å²) in [5.74, 6) is 1.01. The first-order chi connectivity index (χ1) is 13.3. The average molecular weight is 352 g/mol. The Labute approximate surface area is 154 Å². The van der Waals surface area contributed by atoms with Gasteiger partial charge in [-0.3, -0.25) is 4.98 Å². The zero-order chi connectivity index (χ0) is 18.4. The van der Waals surface area contributed by atoms with Crippen LogP contribution in [-0.2, 0) is 0 Å². The van der Waals surface area contributed by atoms with Crippen molar-refractivity contribution in [3.63, 3.8) is 0 Å². The number of nitrogens with zero attached hydrogens (tertiary/aromatic N) is 5. The summed E-state index contributed by atoms with van der Waals surface area (Å²) in [5.41, 5.74) is 4.76. The number of anilines is 2. The van der Waals surface area contributed by atoms with Gasteiger partial charge in [-0.05, 0) is 42.5 Å². The number of pyridine rings is 2. The molecule has 0 unspecified atom stereocenters. The number of rotatable bonds is 1. The minimum absolute atomic E-state index is 0.393. The largest absolute Gasteiger partial charge is 0.426 e. The number of hydrogen-bond acceptors (Lipinski definition) is 6. The molecule has 0 saturated heterocycles. The maximum atomic E-state index is 11.0. The highest BCUT2D eigenvalue weighted by Gasteiger charge is 2.27. The molecule has 1 aliphatic rings. The molecule has 0 saturated carbocycles. The van der Waals surface area contributed by atoms with Crippen LogP contribution in [0.2, 0.25) is 0 Å². The van der Waals surface area contributed by atoms with E-state index < -0.39 is 0 Å². The molecule has 7 nitrogen and oxygen atoms in total. The topological polar surface area (TPSA) is 99.7 Å². The molecule has 0 atom stereocenters. The molecule has 1 aromatic carbocycles. The lowest BCUT2D eigenvalue weighted by molar-refractivity contribution is 0.195. The molecule has 4 heterocycles. The van der Waals surface area contributed by atoms with Crippen molar-refractivity contribution in [2.45, 2.75) is 0 Å². The second-order valence-electron chi connectivity index (χ2n) is 6.08. The lowest BCUT2D eigenvalue weighted by Crippen LogP contribution is -2.00.